The van der Waals surface area contributed by atoms with Crippen molar-refractivity contribution in [3.8, 4) is 0 Å². The first-order chi connectivity index (χ1) is 5.40. The zero-order valence-electron chi connectivity index (χ0n) is 7.34. The standard InChI is InChI=1S/C9H18N2/c1-10-3-5-11-4-2-8-6-9(8)7-11/h8-10H,2-7H2,1H3. The van der Waals surface area contributed by atoms with Crippen molar-refractivity contribution >= 4 is 0 Å². The van der Waals surface area contributed by atoms with E-state index in [2.05, 4.69) is 10.2 Å². The number of rotatable bonds is 3. The van der Waals surface area contributed by atoms with Gasteiger partial charge in [-0.3, -0.25) is 0 Å². The summed E-state index contributed by atoms with van der Waals surface area (Å²) in [5.74, 6) is 2.21. The average Bonchev–Trinajstić information content (AvgIpc) is 2.78. The van der Waals surface area contributed by atoms with Gasteiger partial charge in [0.05, 0.1) is 0 Å². The fraction of sp³-hybridized carbons (Fsp3) is 1.00. The summed E-state index contributed by atoms with van der Waals surface area (Å²) in [4.78, 5) is 2.60. The second kappa shape index (κ2) is 3.11. The second-order valence-corrected chi connectivity index (χ2v) is 3.95. The highest BCUT2D eigenvalue weighted by atomic mass is 15.2. The minimum absolute atomic E-state index is 1.08. The number of nitrogens with one attached hydrogen (secondary N) is 1. The largest absolute Gasteiger partial charge is 0.318 e. The molecule has 2 aliphatic rings. The molecule has 2 atom stereocenters. The summed E-state index contributed by atoms with van der Waals surface area (Å²) in [6.45, 7) is 5.13. The fourth-order valence-electron chi connectivity index (χ4n) is 2.13. The van der Waals surface area contributed by atoms with Gasteiger partial charge in [0.15, 0.2) is 0 Å². The number of hydrogen-bond donors (Lipinski definition) is 1. The Morgan fingerprint density at radius 3 is 3.09 bits per heavy atom. The van der Waals surface area contributed by atoms with Crippen molar-refractivity contribution in [1.82, 2.24) is 10.2 Å². The van der Waals surface area contributed by atoms with Crippen LogP contribution in [-0.2, 0) is 0 Å². The van der Waals surface area contributed by atoms with Gasteiger partial charge in [-0.25, -0.2) is 0 Å². The van der Waals surface area contributed by atoms with E-state index in [-0.39, 0.29) is 0 Å². The maximum absolute atomic E-state index is 3.20. The van der Waals surface area contributed by atoms with Crippen molar-refractivity contribution in [2.75, 3.05) is 33.2 Å². The molecule has 1 N–H and O–H groups in total. The van der Waals surface area contributed by atoms with E-state index < -0.39 is 0 Å². The maximum Gasteiger partial charge on any atom is 0.0107 e. The maximum atomic E-state index is 3.20. The molecule has 1 saturated heterocycles. The highest BCUT2D eigenvalue weighted by Gasteiger charge is 2.40. The molecule has 2 heteroatoms. The predicted molar refractivity (Wildman–Crippen MR) is 46.6 cm³/mol. The third kappa shape index (κ3) is 1.74. The summed E-state index contributed by atoms with van der Waals surface area (Å²) in [7, 11) is 2.03. The van der Waals surface area contributed by atoms with Gasteiger partial charge in [-0.1, -0.05) is 0 Å². The molecule has 2 nitrogen and oxygen atoms in total. The molecule has 64 valence electrons. The van der Waals surface area contributed by atoms with E-state index in [4.69, 9.17) is 0 Å². The van der Waals surface area contributed by atoms with Gasteiger partial charge in [-0.15, -0.1) is 0 Å². The zero-order chi connectivity index (χ0) is 7.68. The van der Waals surface area contributed by atoms with Crippen LogP contribution in [0.3, 0.4) is 0 Å². The Balaban J connectivity index is 1.68. The lowest BCUT2D eigenvalue weighted by Gasteiger charge is -2.25. The molecular weight excluding hydrogens is 136 g/mol. The molecule has 0 amide bonds. The third-order valence-electron chi connectivity index (χ3n) is 3.06. The average molecular weight is 154 g/mol. The van der Waals surface area contributed by atoms with E-state index in [9.17, 15) is 0 Å². The van der Waals surface area contributed by atoms with E-state index in [0.29, 0.717) is 0 Å². The zero-order valence-corrected chi connectivity index (χ0v) is 7.34. The van der Waals surface area contributed by atoms with Crippen molar-refractivity contribution < 1.29 is 0 Å². The normalized spacial score (nSPS) is 36.8. The molecule has 11 heavy (non-hydrogen) atoms. The fourth-order valence-corrected chi connectivity index (χ4v) is 2.13. The Morgan fingerprint density at radius 1 is 1.45 bits per heavy atom. The smallest absolute Gasteiger partial charge is 0.0107 e. The van der Waals surface area contributed by atoms with Gasteiger partial charge >= 0.3 is 0 Å². The minimum atomic E-state index is 1.08. The molecule has 0 aromatic carbocycles. The number of likely N-dealkylation sites (N-methyl/N-ethyl adjacent to an activating group) is 1. The molecule has 1 aliphatic heterocycles. The lowest BCUT2D eigenvalue weighted by molar-refractivity contribution is 0.221. The van der Waals surface area contributed by atoms with Crippen LogP contribution in [-0.4, -0.2) is 38.1 Å². The number of piperidine rings is 1. The van der Waals surface area contributed by atoms with Gasteiger partial charge < -0.3 is 10.2 Å². The molecule has 1 heterocycles. The lowest BCUT2D eigenvalue weighted by Crippen LogP contribution is -2.36. The van der Waals surface area contributed by atoms with Crippen molar-refractivity contribution in [3.05, 3.63) is 0 Å². The minimum Gasteiger partial charge on any atom is -0.318 e. The van der Waals surface area contributed by atoms with Crippen LogP contribution in [0.25, 0.3) is 0 Å². The van der Waals surface area contributed by atoms with Crippen LogP contribution in [0.15, 0.2) is 0 Å². The number of likely N-dealkylation sites (tertiary alicyclic amines) is 1. The molecular formula is C9H18N2. The van der Waals surface area contributed by atoms with Gasteiger partial charge in [-0.2, -0.15) is 0 Å². The molecule has 0 aromatic rings. The Bertz CT molecular complexity index is 136. The van der Waals surface area contributed by atoms with Crippen LogP contribution < -0.4 is 5.32 Å². The second-order valence-electron chi connectivity index (χ2n) is 3.95. The van der Waals surface area contributed by atoms with Crippen molar-refractivity contribution in [2.24, 2.45) is 11.8 Å². The molecule has 0 radical (unpaired) electrons. The molecule has 2 fully saturated rings. The van der Waals surface area contributed by atoms with E-state index in [1.807, 2.05) is 7.05 Å². The summed E-state index contributed by atoms with van der Waals surface area (Å²) in [6.07, 6.45) is 2.99. The highest BCUT2D eigenvalue weighted by molar-refractivity contribution is 4.92. The Morgan fingerprint density at radius 2 is 2.36 bits per heavy atom. The number of fused-ring (bicyclic) bond motifs is 1. The first kappa shape index (κ1) is 7.56. The van der Waals surface area contributed by atoms with Crippen LogP contribution in [0.4, 0.5) is 0 Å². The predicted octanol–water partition coefficient (Wildman–Crippen LogP) is 0.548. The van der Waals surface area contributed by atoms with Crippen LogP contribution in [0.5, 0.6) is 0 Å². The summed E-state index contributed by atoms with van der Waals surface area (Å²) in [5, 5.41) is 3.20. The summed E-state index contributed by atoms with van der Waals surface area (Å²) >= 11 is 0. The van der Waals surface area contributed by atoms with Crippen LogP contribution >= 0.6 is 0 Å². The quantitative estimate of drug-likeness (QED) is 0.638. The van der Waals surface area contributed by atoms with Crippen molar-refractivity contribution in [1.29, 1.82) is 0 Å². The topological polar surface area (TPSA) is 15.3 Å². The monoisotopic (exact) mass is 154 g/mol. The Kier molecular flexibility index (Phi) is 2.14. The van der Waals surface area contributed by atoms with E-state index >= 15 is 0 Å². The summed E-state index contributed by atoms with van der Waals surface area (Å²) in [6, 6.07) is 0. The first-order valence-electron chi connectivity index (χ1n) is 4.77. The molecule has 2 unspecified atom stereocenters. The van der Waals surface area contributed by atoms with Gasteiger partial charge in [0.25, 0.3) is 0 Å². The number of hydrogen-bond acceptors (Lipinski definition) is 2. The van der Waals surface area contributed by atoms with Crippen molar-refractivity contribution in [3.63, 3.8) is 0 Å². The molecule has 0 aromatic heterocycles. The molecule has 1 saturated carbocycles. The number of nitrogens with zero attached hydrogens (tertiary/aromatic N) is 1. The highest BCUT2D eigenvalue weighted by Crippen LogP contribution is 2.44. The van der Waals surface area contributed by atoms with E-state index in [0.717, 1.165) is 18.4 Å². The van der Waals surface area contributed by atoms with Crippen LogP contribution in [0, 0.1) is 11.8 Å². The van der Waals surface area contributed by atoms with E-state index in [1.54, 1.807) is 0 Å². The molecule has 2 rings (SSSR count). The Hall–Kier alpha value is -0.0800. The van der Waals surface area contributed by atoms with Gasteiger partial charge in [-0.05, 0) is 38.3 Å². The van der Waals surface area contributed by atoms with Crippen molar-refractivity contribution in [2.45, 2.75) is 12.8 Å². The van der Waals surface area contributed by atoms with Crippen LogP contribution in [0.1, 0.15) is 12.8 Å². The summed E-state index contributed by atoms with van der Waals surface area (Å²) < 4.78 is 0. The first-order valence-corrected chi connectivity index (χ1v) is 4.77. The van der Waals surface area contributed by atoms with Gasteiger partial charge in [0.1, 0.15) is 0 Å². The third-order valence-corrected chi connectivity index (χ3v) is 3.06. The summed E-state index contributed by atoms with van der Waals surface area (Å²) in [5.41, 5.74) is 0. The Labute approximate surface area is 69.0 Å². The van der Waals surface area contributed by atoms with Crippen LogP contribution in [0.2, 0.25) is 0 Å². The van der Waals surface area contributed by atoms with Gasteiger partial charge in [0.2, 0.25) is 0 Å². The molecule has 1 aliphatic carbocycles. The molecule has 0 bridgehead atoms. The lowest BCUT2D eigenvalue weighted by atomic mass is 10.1. The SMILES string of the molecule is CNCCN1CCC2CC2C1. The van der Waals surface area contributed by atoms with Gasteiger partial charge in [0, 0.05) is 19.6 Å². The van der Waals surface area contributed by atoms with E-state index in [1.165, 1.54) is 32.5 Å². The molecule has 0 spiro atoms.